The summed E-state index contributed by atoms with van der Waals surface area (Å²) < 4.78 is 4.93. The van der Waals surface area contributed by atoms with E-state index in [2.05, 4.69) is 51.9 Å². The Kier molecular flexibility index (Phi) is 7.48. The largest absolute Gasteiger partial charge is 0.452 e. The van der Waals surface area contributed by atoms with Gasteiger partial charge in [-0.3, -0.25) is 15.0 Å². The molecule has 11 nitrogen and oxygen atoms in total. The SMILES string of the molecule is COC(=O)NNC(=O)c1cc(Cl)nc(C)c1NC(=O)C1CC(Br)=NN1c1ncccc1Cl. The summed E-state index contributed by atoms with van der Waals surface area (Å²) in [7, 11) is 1.14. The Hall–Kier alpha value is -2.96. The summed E-state index contributed by atoms with van der Waals surface area (Å²) >= 11 is 15.5. The molecule has 2 aromatic heterocycles. The molecule has 32 heavy (non-hydrogen) atoms. The van der Waals surface area contributed by atoms with Crippen molar-refractivity contribution in [2.75, 3.05) is 17.4 Å². The molecule has 1 aliphatic heterocycles. The number of amides is 3. The third kappa shape index (κ3) is 5.26. The molecule has 3 rings (SSSR count). The minimum Gasteiger partial charge on any atom is -0.452 e. The summed E-state index contributed by atoms with van der Waals surface area (Å²) in [5, 5.41) is 8.72. The average molecular weight is 545 g/mol. The number of carbonyl (C=O) groups is 3. The van der Waals surface area contributed by atoms with Crippen molar-refractivity contribution in [3.63, 3.8) is 0 Å². The van der Waals surface area contributed by atoms with Crippen LogP contribution in [0.15, 0.2) is 29.5 Å². The summed E-state index contributed by atoms with van der Waals surface area (Å²) in [6, 6.07) is 3.74. The van der Waals surface area contributed by atoms with Crippen molar-refractivity contribution in [3.05, 3.63) is 45.8 Å². The molecule has 0 aliphatic carbocycles. The summed E-state index contributed by atoms with van der Waals surface area (Å²) in [6.45, 7) is 1.57. The Morgan fingerprint density at radius 2 is 2.03 bits per heavy atom. The Balaban J connectivity index is 1.88. The van der Waals surface area contributed by atoms with Crippen molar-refractivity contribution in [1.82, 2.24) is 20.8 Å². The predicted molar refractivity (Wildman–Crippen MR) is 122 cm³/mol. The van der Waals surface area contributed by atoms with Crippen molar-refractivity contribution in [3.8, 4) is 0 Å². The Morgan fingerprint density at radius 1 is 1.28 bits per heavy atom. The highest BCUT2D eigenvalue weighted by Gasteiger charge is 2.35. The van der Waals surface area contributed by atoms with Crippen LogP contribution in [-0.2, 0) is 9.53 Å². The van der Waals surface area contributed by atoms with Gasteiger partial charge in [-0.2, -0.15) is 5.10 Å². The number of rotatable bonds is 4. The molecule has 14 heteroatoms. The standard InChI is InChI=1S/C18H16BrCl2N7O4/c1-8-14(9(6-13(21)23-8)16(29)25-26-18(31)32-2)24-17(30)11-7-12(19)27-28(11)15-10(20)4-3-5-22-15/h3-6,11H,7H2,1-2H3,(H,24,30)(H,25,29)(H,26,31). The van der Waals surface area contributed by atoms with Gasteiger partial charge < -0.3 is 10.1 Å². The second kappa shape index (κ2) is 10.1. The number of methoxy groups -OCH3 is 1. The van der Waals surface area contributed by atoms with Gasteiger partial charge in [0.1, 0.15) is 15.8 Å². The average Bonchev–Trinajstić information content (AvgIpc) is 3.15. The third-order valence-electron chi connectivity index (χ3n) is 4.26. The first-order chi connectivity index (χ1) is 15.2. The van der Waals surface area contributed by atoms with Gasteiger partial charge in [-0.1, -0.05) is 23.2 Å². The number of hydrogen-bond donors (Lipinski definition) is 3. The fraction of sp³-hybridized carbons (Fsp3) is 0.222. The Morgan fingerprint density at radius 3 is 2.72 bits per heavy atom. The van der Waals surface area contributed by atoms with Gasteiger partial charge in [-0.15, -0.1) is 0 Å². The number of aromatic nitrogens is 2. The van der Waals surface area contributed by atoms with Crippen LogP contribution < -0.4 is 21.2 Å². The van der Waals surface area contributed by atoms with Crippen molar-refractivity contribution in [1.29, 1.82) is 0 Å². The van der Waals surface area contributed by atoms with Crippen LogP contribution in [0, 0.1) is 6.92 Å². The highest BCUT2D eigenvalue weighted by Crippen LogP contribution is 2.31. The first-order valence-corrected chi connectivity index (χ1v) is 10.5. The number of hydrogen-bond acceptors (Lipinski definition) is 8. The van der Waals surface area contributed by atoms with Crippen molar-refractivity contribution < 1.29 is 19.1 Å². The molecule has 3 N–H and O–H groups in total. The first kappa shape index (κ1) is 23.7. The number of aryl methyl sites for hydroxylation is 1. The highest BCUT2D eigenvalue weighted by molar-refractivity contribution is 9.18. The lowest BCUT2D eigenvalue weighted by Gasteiger charge is -2.23. The van der Waals surface area contributed by atoms with Gasteiger partial charge in [-0.05, 0) is 41.1 Å². The van der Waals surface area contributed by atoms with Crippen LogP contribution in [0.2, 0.25) is 10.2 Å². The molecule has 0 aromatic carbocycles. The number of ether oxygens (including phenoxy) is 1. The van der Waals surface area contributed by atoms with Gasteiger partial charge in [0.05, 0.1) is 29.1 Å². The number of nitrogens with zero attached hydrogens (tertiary/aromatic N) is 4. The highest BCUT2D eigenvalue weighted by atomic mass is 79.9. The van der Waals surface area contributed by atoms with Gasteiger partial charge in [0.2, 0.25) is 5.91 Å². The number of carbonyl (C=O) groups excluding carboxylic acids is 3. The summed E-state index contributed by atoms with van der Waals surface area (Å²) in [5.41, 5.74) is 4.60. The number of hydrazine groups is 1. The fourth-order valence-corrected chi connectivity index (χ4v) is 3.74. The monoisotopic (exact) mass is 543 g/mol. The van der Waals surface area contributed by atoms with Gasteiger partial charge in [0, 0.05) is 12.6 Å². The Labute approximate surface area is 200 Å². The molecule has 3 heterocycles. The maximum atomic E-state index is 13.2. The minimum absolute atomic E-state index is 0.0207. The van der Waals surface area contributed by atoms with Crippen molar-refractivity contribution in [2.24, 2.45) is 5.10 Å². The zero-order valence-corrected chi connectivity index (χ0v) is 19.7. The van der Waals surface area contributed by atoms with Crippen molar-refractivity contribution >= 4 is 73.2 Å². The normalized spacial score (nSPS) is 15.1. The number of hydrazone groups is 1. The second-order valence-corrected chi connectivity index (χ2v) is 8.07. The fourth-order valence-electron chi connectivity index (χ4n) is 2.82. The Bertz CT molecular complexity index is 1110. The van der Waals surface area contributed by atoms with E-state index in [0.29, 0.717) is 15.5 Å². The molecule has 1 atom stereocenters. The molecule has 0 bridgehead atoms. The molecule has 1 unspecified atom stereocenters. The van der Waals surface area contributed by atoms with E-state index >= 15 is 0 Å². The molecule has 0 spiro atoms. The van der Waals surface area contributed by atoms with Gasteiger partial charge in [0.15, 0.2) is 5.82 Å². The van der Waals surface area contributed by atoms with Crippen LogP contribution in [-0.4, -0.2) is 45.6 Å². The summed E-state index contributed by atoms with van der Waals surface area (Å²) in [4.78, 5) is 45.3. The van der Waals surface area contributed by atoms with E-state index in [1.165, 1.54) is 17.3 Å². The second-order valence-electron chi connectivity index (χ2n) is 6.36. The molecule has 3 amide bonds. The maximum Gasteiger partial charge on any atom is 0.425 e. The van der Waals surface area contributed by atoms with Crippen LogP contribution in [0.3, 0.4) is 0 Å². The number of anilines is 2. The van der Waals surface area contributed by atoms with E-state index in [4.69, 9.17) is 23.2 Å². The molecule has 0 fully saturated rings. The van der Waals surface area contributed by atoms with Gasteiger partial charge in [-0.25, -0.2) is 25.2 Å². The predicted octanol–water partition coefficient (Wildman–Crippen LogP) is 3.02. The summed E-state index contributed by atoms with van der Waals surface area (Å²) in [6.07, 6.45) is 0.892. The number of nitrogens with one attached hydrogen (secondary N) is 3. The van der Waals surface area contributed by atoms with E-state index in [1.54, 1.807) is 19.1 Å². The molecule has 0 saturated carbocycles. The van der Waals surface area contributed by atoms with E-state index in [0.717, 1.165) is 7.11 Å². The summed E-state index contributed by atoms with van der Waals surface area (Å²) in [5.74, 6) is -0.936. The minimum atomic E-state index is -0.878. The zero-order valence-electron chi connectivity index (χ0n) is 16.6. The van der Waals surface area contributed by atoms with Gasteiger partial charge >= 0.3 is 6.09 Å². The first-order valence-electron chi connectivity index (χ1n) is 8.96. The molecule has 1 aliphatic rings. The molecule has 168 valence electrons. The van der Waals surface area contributed by atoms with E-state index in [-0.39, 0.29) is 28.5 Å². The topological polar surface area (TPSA) is 138 Å². The lowest BCUT2D eigenvalue weighted by atomic mass is 10.1. The molecular weight excluding hydrogens is 529 g/mol. The molecular formula is C18H16BrCl2N7O4. The maximum absolute atomic E-state index is 13.2. The number of pyridine rings is 2. The number of halogens is 3. The van der Waals surface area contributed by atoms with E-state index in [1.807, 2.05) is 0 Å². The lowest BCUT2D eigenvalue weighted by molar-refractivity contribution is -0.117. The van der Waals surface area contributed by atoms with Crippen LogP contribution in [0.4, 0.5) is 16.3 Å². The van der Waals surface area contributed by atoms with Crippen LogP contribution in [0.25, 0.3) is 0 Å². The van der Waals surface area contributed by atoms with Crippen molar-refractivity contribution in [2.45, 2.75) is 19.4 Å². The van der Waals surface area contributed by atoms with Crippen LogP contribution in [0.1, 0.15) is 22.5 Å². The van der Waals surface area contributed by atoms with Crippen LogP contribution >= 0.6 is 39.1 Å². The molecule has 2 aromatic rings. The lowest BCUT2D eigenvalue weighted by Crippen LogP contribution is -2.42. The van der Waals surface area contributed by atoms with Gasteiger partial charge in [0.25, 0.3) is 5.91 Å². The molecule has 0 saturated heterocycles. The zero-order chi connectivity index (χ0) is 23.4. The smallest absolute Gasteiger partial charge is 0.425 e. The quantitative estimate of drug-likeness (QED) is 0.397. The van der Waals surface area contributed by atoms with Crippen LogP contribution in [0.5, 0.6) is 0 Å². The van der Waals surface area contributed by atoms with E-state index in [9.17, 15) is 14.4 Å². The van der Waals surface area contributed by atoms with E-state index < -0.39 is 23.9 Å². The molecule has 0 radical (unpaired) electrons. The third-order valence-corrected chi connectivity index (χ3v) is 5.23.